The van der Waals surface area contributed by atoms with Gasteiger partial charge in [0.1, 0.15) is 16.5 Å². The number of ether oxygens (including phenoxy) is 2. The molecule has 2 amide bonds. The zero-order chi connectivity index (χ0) is 22.1. The molecule has 0 radical (unpaired) electrons. The summed E-state index contributed by atoms with van der Waals surface area (Å²) in [7, 11) is 0. The topological polar surface area (TPSA) is 55.8 Å². The van der Waals surface area contributed by atoms with E-state index in [-0.39, 0.29) is 16.3 Å². The van der Waals surface area contributed by atoms with Gasteiger partial charge < -0.3 is 9.47 Å². The van der Waals surface area contributed by atoms with Crippen LogP contribution in [0, 0.1) is 5.92 Å². The molecule has 9 heteroatoms. The van der Waals surface area contributed by atoms with Gasteiger partial charge in [-0.3, -0.25) is 9.59 Å². The van der Waals surface area contributed by atoms with Crippen molar-refractivity contribution >= 4 is 34.7 Å². The number of alkyl halides is 3. The van der Waals surface area contributed by atoms with Crippen LogP contribution >= 0.6 is 11.6 Å². The van der Waals surface area contributed by atoms with E-state index in [2.05, 4.69) is 4.74 Å². The first-order valence-corrected chi connectivity index (χ1v) is 9.32. The second-order valence-corrected chi connectivity index (χ2v) is 7.28. The van der Waals surface area contributed by atoms with Crippen LogP contribution in [0.4, 0.5) is 18.9 Å². The summed E-state index contributed by atoms with van der Waals surface area (Å²) < 4.78 is 46.3. The molecule has 2 aromatic rings. The summed E-state index contributed by atoms with van der Waals surface area (Å²) in [6.45, 7) is 4.55. The highest BCUT2D eigenvalue weighted by atomic mass is 35.5. The first-order valence-electron chi connectivity index (χ1n) is 8.94. The fourth-order valence-corrected chi connectivity index (χ4v) is 3.04. The molecule has 1 aliphatic heterocycles. The van der Waals surface area contributed by atoms with Gasteiger partial charge in [-0.05, 0) is 47.9 Å². The second-order valence-electron chi connectivity index (χ2n) is 6.91. The van der Waals surface area contributed by atoms with Gasteiger partial charge in [0.25, 0.3) is 11.8 Å². The molecule has 0 aromatic heterocycles. The molecule has 0 N–H and O–H groups in total. The van der Waals surface area contributed by atoms with Gasteiger partial charge in [-0.25, -0.2) is 4.90 Å². The maximum absolute atomic E-state index is 12.9. The van der Waals surface area contributed by atoms with Gasteiger partial charge in [0.2, 0.25) is 0 Å². The lowest BCUT2D eigenvalue weighted by Gasteiger charge is -2.16. The van der Waals surface area contributed by atoms with Crippen molar-refractivity contribution in [1.82, 2.24) is 0 Å². The minimum atomic E-state index is -4.84. The standard InChI is InChI=1S/C21H17ClF3NO4/c1-12(2)11-29-15-7-3-13(4-8-15)17-18(22)20(28)26(19(17)27)14-5-9-16(10-6-14)30-21(23,24)25/h3-10,12H,11H2,1-2H3. The molecule has 30 heavy (non-hydrogen) atoms. The number of amides is 2. The highest BCUT2D eigenvalue weighted by Gasteiger charge is 2.39. The molecule has 0 spiro atoms. The summed E-state index contributed by atoms with van der Waals surface area (Å²) in [6.07, 6.45) is -4.84. The Balaban J connectivity index is 1.81. The Bertz CT molecular complexity index is 983. The molecule has 1 heterocycles. The molecule has 0 saturated carbocycles. The van der Waals surface area contributed by atoms with Crippen LogP contribution < -0.4 is 14.4 Å². The van der Waals surface area contributed by atoms with E-state index in [1.54, 1.807) is 24.3 Å². The summed E-state index contributed by atoms with van der Waals surface area (Å²) in [5, 5.41) is -0.272. The molecule has 0 bridgehead atoms. The third-order valence-electron chi connectivity index (χ3n) is 4.08. The van der Waals surface area contributed by atoms with Crippen LogP contribution in [0.3, 0.4) is 0 Å². The van der Waals surface area contributed by atoms with Crippen molar-refractivity contribution < 1.29 is 32.2 Å². The normalized spacial score (nSPS) is 14.7. The summed E-state index contributed by atoms with van der Waals surface area (Å²) in [5.41, 5.74) is 0.507. The van der Waals surface area contributed by atoms with Crippen LogP contribution in [0.25, 0.3) is 5.57 Å². The van der Waals surface area contributed by atoms with E-state index in [9.17, 15) is 22.8 Å². The van der Waals surface area contributed by atoms with Gasteiger partial charge in [-0.2, -0.15) is 0 Å². The highest BCUT2D eigenvalue weighted by Crippen LogP contribution is 2.36. The molecule has 0 unspecified atom stereocenters. The van der Waals surface area contributed by atoms with Gasteiger partial charge in [0, 0.05) is 0 Å². The number of carbonyl (C=O) groups is 2. The summed E-state index contributed by atoms with van der Waals surface area (Å²) in [6, 6.07) is 10.9. The Kier molecular flexibility index (Phi) is 6.07. The number of halogens is 4. The van der Waals surface area contributed by atoms with Gasteiger partial charge in [-0.1, -0.05) is 37.6 Å². The van der Waals surface area contributed by atoms with Crippen molar-refractivity contribution in [2.24, 2.45) is 5.92 Å². The van der Waals surface area contributed by atoms with E-state index in [0.717, 1.165) is 17.0 Å². The lowest BCUT2D eigenvalue weighted by Crippen LogP contribution is -2.31. The Hall–Kier alpha value is -3.00. The number of benzene rings is 2. The van der Waals surface area contributed by atoms with Crippen molar-refractivity contribution in [3.05, 3.63) is 59.1 Å². The second kappa shape index (κ2) is 8.39. The minimum absolute atomic E-state index is 0.00712. The zero-order valence-electron chi connectivity index (χ0n) is 16.0. The molecule has 3 rings (SSSR count). The number of carbonyl (C=O) groups excluding carboxylic acids is 2. The number of hydrogen-bond acceptors (Lipinski definition) is 4. The molecule has 1 aliphatic rings. The number of nitrogens with zero attached hydrogens (tertiary/aromatic N) is 1. The highest BCUT2D eigenvalue weighted by molar-refractivity contribution is 6.60. The van der Waals surface area contributed by atoms with Crippen LogP contribution in [0.15, 0.2) is 53.6 Å². The Labute approximate surface area is 175 Å². The molecule has 158 valence electrons. The number of rotatable bonds is 6. The maximum atomic E-state index is 12.9. The molecular weight excluding hydrogens is 423 g/mol. The minimum Gasteiger partial charge on any atom is -0.493 e. The monoisotopic (exact) mass is 439 g/mol. The summed E-state index contributed by atoms with van der Waals surface area (Å²) in [5.74, 6) is -0.955. The van der Waals surface area contributed by atoms with E-state index in [1.165, 1.54) is 12.1 Å². The van der Waals surface area contributed by atoms with Crippen molar-refractivity contribution in [3.8, 4) is 11.5 Å². The molecule has 0 fully saturated rings. The predicted molar refractivity (Wildman–Crippen MR) is 105 cm³/mol. The molecule has 0 atom stereocenters. The first kappa shape index (κ1) is 21.7. The first-order chi connectivity index (χ1) is 14.1. The van der Waals surface area contributed by atoms with Crippen molar-refractivity contribution in [2.45, 2.75) is 20.2 Å². The molecule has 0 saturated heterocycles. The van der Waals surface area contributed by atoms with Gasteiger partial charge >= 0.3 is 6.36 Å². The quantitative estimate of drug-likeness (QED) is 0.584. The van der Waals surface area contributed by atoms with Crippen LogP contribution in [-0.4, -0.2) is 24.8 Å². The van der Waals surface area contributed by atoms with Crippen molar-refractivity contribution in [3.63, 3.8) is 0 Å². The van der Waals surface area contributed by atoms with E-state index >= 15 is 0 Å². The summed E-state index contributed by atoms with van der Waals surface area (Å²) in [4.78, 5) is 26.2. The third-order valence-corrected chi connectivity index (χ3v) is 4.43. The molecule has 2 aromatic carbocycles. The van der Waals surface area contributed by atoms with E-state index in [1.807, 2.05) is 13.8 Å². The predicted octanol–water partition coefficient (Wildman–Crippen LogP) is 5.14. The average Bonchev–Trinajstić information content (AvgIpc) is 2.89. The number of imide groups is 1. The van der Waals surface area contributed by atoms with Crippen LogP contribution in [-0.2, 0) is 9.59 Å². The van der Waals surface area contributed by atoms with Gasteiger partial charge in [-0.15, -0.1) is 13.2 Å². The smallest absolute Gasteiger partial charge is 0.493 e. The Morgan fingerprint density at radius 3 is 2.03 bits per heavy atom. The van der Waals surface area contributed by atoms with Crippen LogP contribution in [0.1, 0.15) is 19.4 Å². The molecular formula is C21H17ClF3NO4. The maximum Gasteiger partial charge on any atom is 0.573 e. The largest absolute Gasteiger partial charge is 0.573 e. The average molecular weight is 440 g/mol. The summed E-state index contributed by atoms with van der Waals surface area (Å²) >= 11 is 6.13. The fourth-order valence-electron chi connectivity index (χ4n) is 2.77. The third kappa shape index (κ3) is 4.76. The van der Waals surface area contributed by atoms with E-state index in [0.29, 0.717) is 23.8 Å². The van der Waals surface area contributed by atoms with Crippen LogP contribution in [0.2, 0.25) is 0 Å². The Morgan fingerprint density at radius 2 is 1.50 bits per heavy atom. The van der Waals surface area contributed by atoms with Crippen molar-refractivity contribution in [1.29, 1.82) is 0 Å². The number of anilines is 1. The fraction of sp³-hybridized carbons (Fsp3) is 0.238. The van der Waals surface area contributed by atoms with E-state index < -0.39 is 23.9 Å². The van der Waals surface area contributed by atoms with E-state index in [4.69, 9.17) is 16.3 Å². The lowest BCUT2D eigenvalue weighted by atomic mass is 10.1. The SMILES string of the molecule is CC(C)COc1ccc(C2=C(Cl)C(=O)N(c3ccc(OC(F)(F)F)cc3)C2=O)cc1. The number of hydrogen-bond donors (Lipinski definition) is 0. The Morgan fingerprint density at radius 1 is 0.933 bits per heavy atom. The van der Waals surface area contributed by atoms with Gasteiger partial charge in [0.05, 0.1) is 17.9 Å². The van der Waals surface area contributed by atoms with Crippen LogP contribution in [0.5, 0.6) is 11.5 Å². The zero-order valence-corrected chi connectivity index (χ0v) is 16.8. The molecule has 5 nitrogen and oxygen atoms in total. The van der Waals surface area contributed by atoms with Crippen molar-refractivity contribution in [2.75, 3.05) is 11.5 Å². The van der Waals surface area contributed by atoms with Gasteiger partial charge in [0.15, 0.2) is 0 Å². The molecule has 0 aliphatic carbocycles. The lowest BCUT2D eigenvalue weighted by molar-refractivity contribution is -0.274.